The Kier molecular flexibility index (Phi) is 2.70. The lowest BCUT2D eigenvalue weighted by atomic mass is 10.2. The highest BCUT2D eigenvalue weighted by atomic mass is 79.9. The molecular weight excluding hydrogens is 287 g/mol. The Bertz CT molecular complexity index is 572. The first-order chi connectivity index (χ1) is 8.24. The zero-order chi connectivity index (χ0) is 11.8. The van der Waals surface area contributed by atoms with Crippen molar-refractivity contribution in [3.05, 3.63) is 28.9 Å². The zero-order valence-electron chi connectivity index (χ0n) is 8.99. The van der Waals surface area contributed by atoms with Crippen molar-refractivity contribution >= 4 is 26.8 Å². The normalized spacial score (nSPS) is 15.2. The van der Waals surface area contributed by atoms with Crippen LogP contribution in [0.1, 0.15) is 12.8 Å². The van der Waals surface area contributed by atoms with Crippen molar-refractivity contribution in [2.75, 3.05) is 6.61 Å². The maximum atomic E-state index is 13.6. The van der Waals surface area contributed by atoms with E-state index in [-0.39, 0.29) is 5.82 Å². The van der Waals surface area contributed by atoms with Gasteiger partial charge in [-0.3, -0.25) is 0 Å². The van der Waals surface area contributed by atoms with Crippen LogP contribution in [0.3, 0.4) is 0 Å². The molecule has 2 aromatic rings. The summed E-state index contributed by atoms with van der Waals surface area (Å²) in [6.07, 6.45) is 5.24. The lowest BCUT2D eigenvalue weighted by molar-refractivity contribution is 0.299. The van der Waals surface area contributed by atoms with Gasteiger partial charge >= 0.3 is 0 Å². The molecule has 0 bridgehead atoms. The second-order valence-corrected chi connectivity index (χ2v) is 4.97. The highest BCUT2D eigenvalue weighted by Gasteiger charge is 2.22. The lowest BCUT2D eigenvalue weighted by Crippen LogP contribution is -2.00. The maximum absolute atomic E-state index is 13.6. The average molecular weight is 297 g/mol. The van der Waals surface area contributed by atoms with E-state index in [4.69, 9.17) is 4.74 Å². The summed E-state index contributed by atoms with van der Waals surface area (Å²) in [5.41, 5.74) is 0.517. The van der Waals surface area contributed by atoms with Crippen LogP contribution >= 0.6 is 15.9 Å². The Morgan fingerprint density at radius 1 is 1.35 bits per heavy atom. The minimum Gasteiger partial charge on any atom is -0.492 e. The summed E-state index contributed by atoms with van der Waals surface area (Å²) in [4.78, 5) is 8.02. The fraction of sp³-hybridized carbons (Fsp3) is 0.333. The fourth-order valence-electron chi connectivity index (χ4n) is 1.61. The van der Waals surface area contributed by atoms with Gasteiger partial charge in [0.15, 0.2) is 5.82 Å². The summed E-state index contributed by atoms with van der Waals surface area (Å²) in [5.74, 6) is 0.897. The smallest absolute Gasteiger partial charge is 0.151 e. The topological polar surface area (TPSA) is 35.0 Å². The van der Waals surface area contributed by atoms with Crippen LogP contribution in [0.25, 0.3) is 10.9 Å². The van der Waals surface area contributed by atoms with Gasteiger partial charge in [0, 0.05) is 5.39 Å². The lowest BCUT2D eigenvalue weighted by Gasteiger charge is -2.06. The molecule has 5 heteroatoms. The van der Waals surface area contributed by atoms with Crippen LogP contribution in [0.2, 0.25) is 0 Å². The summed E-state index contributed by atoms with van der Waals surface area (Å²) >= 11 is 3.25. The Morgan fingerprint density at radius 2 is 2.18 bits per heavy atom. The van der Waals surface area contributed by atoms with Gasteiger partial charge in [-0.05, 0) is 40.8 Å². The van der Waals surface area contributed by atoms with Crippen molar-refractivity contribution in [2.45, 2.75) is 12.8 Å². The number of fused-ring (bicyclic) bond motifs is 1. The van der Waals surface area contributed by atoms with Crippen molar-refractivity contribution in [3.63, 3.8) is 0 Å². The van der Waals surface area contributed by atoms with E-state index in [1.54, 1.807) is 12.3 Å². The molecule has 2 aromatic heterocycles. The molecule has 17 heavy (non-hydrogen) atoms. The molecule has 1 saturated carbocycles. The third kappa shape index (κ3) is 2.24. The van der Waals surface area contributed by atoms with Gasteiger partial charge in [0.05, 0.1) is 19.0 Å². The third-order valence-corrected chi connectivity index (χ3v) is 3.37. The van der Waals surface area contributed by atoms with Crippen molar-refractivity contribution in [1.82, 2.24) is 9.97 Å². The monoisotopic (exact) mass is 296 g/mol. The van der Waals surface area contributed by atoms with Gasteiger partial charge in [0.25, 0.3) is 0 Å². The third-order valence-electron chi connectivity index (χ3n) is 2.79. The molecule has 1 aliphatic rings. The van der Waals surface area contributed by atoms with Crippen LogP contribution in [-0.4, -0.2) is 16.6 Å². The van der Waals surface area contributed by atoms with Gasteiger partial charge in [-0.25, -0.2) is 14.4 Å². The number of hydrogen-bond acceptors (Lipinski definition) is 3. The van der Waals surface area contributed by atoms with E-state index in [0.29, 0.717) is 33.8 Å². The molecule has 0 N–H and O–H groups in total. The summed E-state index contributed by atoms with van der Waals surface area (Å²) < 4.78 is 19.7. The molecule has 0 aromatic carbocycles. The largest absolute Gasteiger partial charge is 0.492 e. The molecule has 0 saturated heterocycles. The quantitative estimate of drug-likeness (QED) is 0.815. The van der Waals surface area contributed by atoms with Gasteiger partial charge in [-0.2, -0.15) is 0 Å². The summed E-state index contributed by atoms with van der Waals surface area (Å²) in [5, 5.41) is 0.431. The van der Waals surface area contributed by atoms with Gasteiger partial charge in [0.2, 0.25) is 0 Å². The summed E-state index contributed by atoms with van der Waals surface area (Å²) in [7, 11) is 0. The SMILES string of the molecule is Fc1cnc(Br)c2ncc(OCC3CC3)cc12. The van der Waals surface area contributed by atoms with Crippen LogP contribution in [0.5, 0.6) is 5.75 Å². The number of rotatable bonds is 3. The molecule has 88 valence electrons. The van der Waals surface area contributed by atoms with E-state index in [2.05, 4.69) is 25.9 Å². The van der Waals surface area contributed by atoms with E-state index in [1.165, 1.54) is 19.0 Å². The first kappa shape index (κ1) is 10.9. The number of aromatic nitrogens is 2. The predicted octanol–water partition coefficient (Wildman–Crippen LogP) is 3.32. The molecular formula is C12H10BrFN2O. The molecule has 0 unspecified atom stereocenters. The van der Waals surface area contributed by atoms with E-state index < -0.39 is 0 Å². The molecule has 0 aliphatic heterocycles. The van der Waals surface area contributed by atoms with E-state index in [1.807, 2.05) is 0 Å². The van der Waals surface area contributed by atoms with Gasteiger partial charge in [-0.15, -0.1) is 0 Å². The Labute approximate surface area is 106 Å². The average Bonchev–Trinajstić information content (AvgIpc) is 3.15. The van der Waals surface area contributed by atoms with E-state index in [0.717, 1.165) is 0 Å². The second kappa shape index (κ2) is 4.22. The standard InChI is InChI=1S/C12H10BrFN2O/c13-12-11-9(10(14)5-16-12)3-8(4-15-11)17-6-7-1-2-7/h3-5,7H,1-2,6H2. The molecule has 2 heterocycles. The van der Waals surface area contributed by atoms with Crippen molar-refractivity contribution < 1.29 is 9.13 Å². The van der Waals surface area contributed by atoms with Gasteiger partial charge in [0.1, 0.15) is 15.9 Å². The van der Waals surface area contributed by atoms with Crippen molar-refractivity contribution in [2.24, 2.45) is 5.92 Å². The van der Waals surface area contributed by atoms with Crippen LogP contribution in [-0.2, 0) is 0 Å². The molecule has 1 aliphatic carbocycles. The molecule has 3 nitrogen and oxygen atoms in total. The van der Waals surface area contributed by atoms with Crippen LogP contribution in [0.15, 0.2) is 23.1 Å². The summed E-state index contributed by atoms with van der Waals surface area (Å²) in [6.45, 7) is 0.695. The van der Waals surface area contributed by atoms with Gasteiger partial charge in [-0.1, -0.05) is 0 Å². The van der Waals surface area contributed by atoms with Crippen molar-refractivity contribution in [1.29, 1.82) is 0 Å². The van der Waals surface area contributed by atoms with E-state index in [9.17, 15) is 4.39 Å². The van der Waals surface area contributed by atoms with Gasteiger partial charge < -0.3 is 4.74 Å². The van der Waals surface area contributed by atoms with E-state index >= 15 is 0 Å². The predicted molar refractivity (Wildman–Crippen MR) is 65.4 cm³/mol. The zero-order valence-corrected chi connectivity index (χ0v) is 10.6. The van der Waals surface area contributed by atoms with Crippen LogP contribution in [0.4, 0.5) is 4.39 Å². The highest BCUT2D eigenvalue weighted by Crippen LogP contribution is 2.30. The minimum atomic E-state index is -0.382. The Morgan fingerprint density at radius 3 is 2.94 bits per heavy atom. The fourth-order valence-corrected chi connectivity index (χ4v) is 2.03. The van der Waals surface area contributed by atoms with Crippen LogP contribution < -0.4 is 4.74 Å². The van der Waals surface area contributed by atoms with Crippen LogP contribution in [0, 0.1) is 11.7 Å². The minimum absolute atomic E-state index is 0.382. The number of hydrogen-bond donors (Lipinski definition) is 0. The number of ether oxygens (including phenoxy) is 1. The maximum Gasteiger partial charge on any atom is 0.151 e. The second-order valence-electron chi connectivity index (χ2n) is 4.22. The number of halogens is 2. The molecule has 3 rings (SSSR count). The molecule has 0 radical (unpaired) electrons. The molecule has 0 amide bonds. The Balaban J connectivity index is 1.96. The first-order valence-corrected chi connectivity index (χ1v) is 6.26. The molecule has 0 spiro atoms. The number of pyridine rings is 2. The first-order valence-electron chi connectivity index (χ1n) is 5.46. The molecule has 0 atom stereocenters. The summed E-state index contributed by atoms with van der Waals surface area (Å²) in [6, 6.07) is 1.67. The Hall–Kier alpha value is -1.23. The van der Waals surface area contributed by atoms with Crippen molar-refractivity contribution in [3.8, 4) is 5.75 Å². The molecule has 1 fully saturated rings. The highest BCUT2D eigenvalue weighted by molar-refractivity contribution is 9.10. The number of nitrogens with zero attached hydrogens (tertiary/aromatic N) is 2.